The van der Waals surface area contributed by atoms with Gasteiger partial charge in [-0.15, -0.1) is 0 Å². The maximum atomic E-state index is 7.50. The molecule has 0 amide bonds. The van der Waals surface area contributed by atoms with Gasteiger partial charge in [-0.1, -0.05) is 32.1 Å². The molecule has 0 atom stereocenters. The Kier molecular flexibility index (Phi) is 70.4. The van der Waals surface area contributed by atoms with Gasteiger partial charge in [0.25, 0.3) is 0 Å². The van der Waals surface area contributed by atoms with Gasteiger partial charge in [-0.3, -0.25) is 0 Å². The molecule has 0 unspecified atom stereocenters. The zero-order valence-corrected chi connectivity index (χ0v) is 14.9. The van der Waals surface area contributed by atoms with Crippen molar-refractivity contribution in [3.63, 3.8) is 0 Å². The minimum Gasteiger partial charge on any atom is -0.577 e. The Bertz CT molecular complexity index is 432. The summed E-state index contributed by atoms with van der Waals surface area (Å²) in [5.41, 5.74) is 6.90. The maximum absolute atomic E-state index is 7.50. The van der Waals surface area contributed by atoms with Crippen LogP contribution >= 0.6 is 0 Å². The van der Waals surface area contributed by atoms with E-state index >= 15 is 0 Å². The van der Waals surface area contributed by atoms with Crippen molar-refractivity contribution in [3.05, 3.63) is 73.0 Å². The summed E-state index contributed by atoms with van der Waals surface area (Å²) in [6.07, 6.45) is 7.50. The van der Waals surface area contributed by atoms with E-state index in [-0.39, 0.29) is 0 Å². The molecule has 0 aliphatic heterocycles. The normalized spacial score (nSPS) is 8.83. The Hall–Kier alpha value is -1.31. The predicted octanol–water partition coefficient (Wildman–Crippen LogP) is 3.38. The molecule has 1 aromatic carbocycles. The van der Waals surface area contributed by atoms with E-state index in [1.165, 1.54) is 32.1 Å². The molecule has 0 spiro atoms. The van der Waals surface area contributed by atoms with E-state index in [4.69, 9.17) is 29.1 Å². The third-order valence-electron chi connectivity index (χ3n) is 2.16. The zero-order chi connectivity index (χ0) is 20.1. The van der Waals surface area contributed by atoms with Gasteiger partial charge in [0.15, 0.2) is 0 Å². The first kappa shape index (κ1) is 34.1. The van der Waals surface area contributed by atoms with E-state index in [1.54, 1.807) is 0 Å². The quantitative estimate of drug-likeness (QED) is 0.392. The molecule has 24 heavy (non-hydrogen) atoms. The standard InChI is InChI=1S/C7H5.C5H10.4CO.Fe.Mn.NO/c1-7-5-3-2-4-6-7;1-2-4-5-3-1;4*1-2;;;1-2/h2-6H;1-5H2;;;;;;;/q-1;;;;;;;;-1. The first-order chi connectivity index (χ1) is 11.9. The number of nitroso groups, excluding NO2 is 1. The van der Waals surface area contributed by atoms with Gasteiger partial charge < -0.3 is 10.5 Å². The molecule has 1 fully saturated rings. The average molecular weight is 412 g/mol. The van der Waals surface area contributed by atoms with Crippen LogP contribution in [0.4, 0.5) is 0 Å². The first-order valence-corrected chi connectivity index (χ1v) is 8.66. The Labute approximate surface area is 154 Å². The molecule has 0 saturated heterocycles. The Morgan fingerprint density at radius 2 is 1.08 bits per heavy atom. The topological polar surface area (TPSA) is 119 Å². The van der Waals surface area contributed by atoms with Gasteiger partial charge in [-0.25, -0.2) is 0 Å². The fourth-order valence-corrected chi connectivity index (χ4v) is 2.22. The van der Waals surface area contributed by atoms with Gasteiger partial charge in [-0.2, -0.15) is 0 Å². The molecule has 0 heterocycles. The van der Waals surface area contributed by atoms with Gasteiger partial charge in [0, 0.05) is 0 Å². The Balaban J connectivity index is -0.0000000691. The van der Waals surface area contributed by atoms with Gasteiger partial charge in [0.05, 0.1) is 0 Å². The predicted molar refractivity (Wildman–Crippen MR) is 76.1 cm³/mol. The molecule has 8 heteroatoms. The van der Waals surface area contributed by atoms with Crippen molar-refractivity contribution >= 4 is 4.92 Å². The molecule has 1 aliphatic carbocycles. The molecule has 2 rings (SSSR count). The smallest absolute Gasteiger partial charge is 0.423 e. The van der Waals surface area contributed by atoms with Crippen LogP contribution in [0.5, 0.6) is 0 Å². The van der Waals surface area contributed by atoms with Crippen molar-refractivity contribution in [2.24, 2.45) is 0 Å². The molecular weight excluding hydrogens is 397 g/mol. The van der Waals surface area contributed by atoms with Crippen LogP contribution in [0, 0.1) is 31.5 Å². The molecule has 131 valence electrons. The van der Waals surface area contributed by atoms with Crippen LogP contribution in [-0.2, 0) is 44.4 Å². The van der Waals surface area contributed by atoms with Crippen molar-refractivity contribution < 1.29 is 44.4 Å². The van der Waals surface area contributed by atoms with Crippen LogP contribution in [0.25, 0.3) is 5.59 Å². The summed E-state index contributed by atoms with van der Waals surface area (Å²) in [5.74, 6) is 0. The molecule has 1 aromatic rings. The van der Waals surface area contributed by atoms with Gasteiger partial charge >= 0.3 is 112 Å². The minimum absolute atomic E-state index is 0.803. The second kappa shape index (κ2) is 49.5. The second-order valence-electron chi connectivity index (χ2n) is 3.29. The van der Waals surface area contributed by atoms with Crippen molar-refractivity contribution in [1.82, 2.24) is 0 Å². The van der Waals surface area contributed by atoms with E-state index in [2.05, 4.69) is 45.2 Å². The van der Waals surface area contributed by atoms with E-state index < -0.39 is 0 Å². The molecule has 0 bridgehead atoms. The summed E-state index contributed by atoms with van der Waals surface area (Å²) in [5, 5.41) is 0. The number of benzene rings is 1. The molecular formula is C16H15FeMnNO5-2. The molecule has 0 aromatic heterocycles. The van der Waals surface area contributed by atoms with Crippen LogP contribution in [-0.4, -0.2) is 4.92 Å². The van der Waals surface area contributed by atoms with Crippen LogP contribution in [0.2, 0.25) is 0 Å². The van der Waals surface area contributed by atoms with E-state index in [9.17, 15) is 0 Å². The molecule has 6 nitrogen and oxygen atoms in total. The summed E-state index contributed by atoms with van der Waals surface area (Å²) >= 11 is 4.08. The SMILES string of the molecule is C1CCCC1.[C-]#[O+].[C-]#[O+].[C-]#[O+].[C-]#[O+].[Mn]=[Fe]=[C-]c1ccccc1.[N-]=O. The first-order valence-electron chi connectivity index (χ1n) is 5.97. The number of nitrogens with zero attached hydrogens (tertiary/aromatic N) is 1. The molecule has 1 aliphatic rings. The van der Waals surface area contributed by atoms with Crippen LogP contribution < -0.4 is 0 Å². The average Bonchev–Trinajstić information content (AvgIpc) is 3.31. The van der Waals surface area contributed by atoms with Gasteiger partial charge in [-0.05, 0) is 0 Å². The molecule has 1 saturated carbocycles. The number of hydrogen-bond acceptors (Lipinski definition) is 1. The molecule has 0 radical (unpaired) electrons. The second-order valence-corrected chi connectivity index (χ2v) is 4.63. The van der Waals surface area contributed by atoms with E-state index in [0.717, 1.165) is 17.7 Å². The largest absolute Gasteiger partial charge is 0.577 e. The third-order valence-corrected chi connectivity index (χ3v) is 3.01. The van der Waals surface area contributed by atoms with Crippen molar-refractivity contribution in [2.75, 3.05) is 0 Å². The number of hydrogen-bond donors (Lipinski definition) is 0. The zero-order valence-electron chi connectivity index (χ0n) is 12.6. The fraction of sp³-hybridized carbons (Fsp3) is 0.312. The Morgan fingerprint density at radius 1 is 0.792 bits per heavy atom. The summed E-state index contributed by atoms with van der Waals surface area (Å²) in [4.78, 5) is 10.4. The summed E-state index contributed by atoms with van der Waals surface area (Å²) in [6, 6.07) is 10.1. The fourth-order valence-electron chi connectivity index (χ4n) is 1.42. The van der Waals surface area contributed by atoms with Crippen molar-refractivity contribution in [3.8, 4) is 0 Å². The van der Waals surface area contributed by atoms with Crippen LogP contribution in [0.1, 0.15) is 37.7 Å². The van der Waals surface area contributed by atoms with Crippen molar-refractivity contribution in [1.29, 1.82) is 0 Å². The third kappa shape index (κ3) is 37.2. The molecule has 0 N–H and O–H groups in total. The summed E-state index contributed by atoms with van der Waals surface area (Å²) in [7, 11) is 0. The summed E-state index contributed by atoms with van der Waals surface area (Å²) < 4.78 is 30.0. The van der Waals surface area contributed by atoms with Gasteiger partial charge in [0.2, 0.25) is 0 Å². The van der Waals surface area contributed by atoms with E-state index in [0.29, 0.717) is 0 Å². The Morgan fingerprint density at radius 3 is 1.33 bits per heavy atom. The van der Waals surface area contributed by atoms with Gasteiger partial charge in [0.1, 0.15) is 0 Å². The maximum Gasteiger partial charge on any atom is -0.423 e. The minimum atomic E-state index is 0.803. The van der Waals surface area contributed by atoms with Crippen LogP contribution in [0.15, 0.2) is 30.3 Å². The van der Waals surface area contributed by atoms with Crippen molar-refractivity contribution in [2.45, 2.75) is 32.1 Å². The monoisotopic (exact) mass is 412 g/mol. The van der Waals surface area contributed by atoms with Crippen LogP contribution in [0.3, 0.4) is 0 Å². The number of rotatable bonds is 1. The van der Waals surface area contributed by atoms with E-state index in [1.807, 2.05) is 30.3 Å². The summed E-state index contributed by atoms with van der Waals surface area (Å²) in [6.45, 7) is 18.0.